The topological polar surface area (TPSA) is 55.8 Å². The van der Waals surface area contributed by atoms with Crippen molar-refractivity contribution in [2.45, 2.75) is 32.6 Å². The first-order valence-electron chi connectivity index (χ1n) is 8.97. The fourth-order valence-electron chi connectivity index (χ4n) is 2.71. The van der Waals surface area contributed by atoms with E-state index in [-0.39, 0.29) is 5.57 Å². The third-order valence-electron chi connectivity index (χ3n) is 4.09. The lowest BCUT2D eigenvalue weighted by molar-refractivity contribution is -0.130. The lowest BCUT2D eigenvalue weighted by Crippen LogP contribution is -2.03. The maximum Gasteiger partial charge on any atom is 0.336 e. The van der Waals surface area contributed by atoms with Crippen LogP contribution >= 0.6 is 0 Å². The van der Waals surface area contributed by atoms with Crippen molar-refractivity contribution in [2.75, 3.05) is 13.7 Å². The van der Waals surface area contributed by atoms with Crippen molar-refractivity contribution in [3.05, 3.63) is 59.7 Å². The highest BCUT2D eigenvalue weighted by Gasteiger charge is 2.14. The van der Waals surface area contributed by atoms with Gasteiger partial charge in [0.15, 0.2) is 11.5 Å². The molecule has 26 heavy (non-hydrogen) atoms. The van der Waals surface area contributed by atoms with Crippen LogP contribution in [0.4, 0.5) is 0 Å². The van der Waals surface area contributed by atoms with Crippen molar-refractivity contribution in [1.82, 2.24) is 0 Å². The van der Waals surface area contributed by atoms with E-state index in [0.29, 0.717) is 29.2 Å². The smallest absolute Gasteiger partial charge is 0.336 e. The van der Waals surface area contributed by atoms with Gasteiger partial charge in [-0.15, -0.1) is 0 Å². The van der Waals surface area contributed by atoms with Crippen molar-refractivity contribution in [1.29, 1.82) is 0 Å². The van der Waals surface area contributed by atoms with Gasteiger partial charge in [0, 0.05) is 5.56 Å². The molecule has 0 aliphatic carbocycles. The summed E-state index contributed by atoms with van der Waals surface area (Å²) in [5, 5.41) is 9.64. The van der Waals surface area contributed by atoms with E-state index in [2.05, 4.69) is 6.92 Å². The standard InChI is InChI=1S/C22H26O4/c1-3-4-5-9-15-26-21-18(13-10-14-20(21)25-2)16-19(22(23)24)17-11-7-6-8-12-17/h6-8,10-14,16H,3-5,9,15H2,1-2H3,(H,23,24)/b19-16-. The number of unbranched alkanes of at least 4 members (excludes halogenated alkanes) is 3. The number of carboxylic acids is 1. The summed E-state index contributed by atoms with van der Waals surface area (Å²) in [5.74, 6) is 0.209. The summed E-state index contributed by atoms with van der Waals surface area (Å²) in [7, 11) is 1.59. The van der Waals surface area contributed by atoms with Crippen molar-refractivity contribution in [3.63, 3.8) is 0 Å². The lowest BCUT2D eigenvalue weighted by Gasteiger charge is -2.14. The number of para-hydroxylation sites is 1. The molecule has 0 saturated carbocycles. The Morgan fingerprint density at radius 1 is 1.04 bits per heavy atom. The SMILES string of the molecule is CCCCCCOc1c(/C=C(\C(=O)O)c2ccccc2)cccc1OC. The number of ether oxygens (including phenoxy) is 2. The van der Waals surface area contributed by atoms with Crippen molar-refractivity contribution < 1.29 is 19.4 Å². The molecule has 0 atom stereocenters. The number of aliphatic carboxylic acids is 1. The molecule has 4 nitrogen and oxygen atoms in total. The maximum absolute atomic E-state index is 11.8. The van der Waals surface area contributed by atoms with E-state index in [0.717, 1.165) is 12.8 Å². The second-order valence-corrected chi connectivity index (χ2v) is 6.02. The molecule has 2 aromatic rings. The molecule has 2 aromatic carbocycles. The van der Waals surface area contributed by atoms with Gasteiger partial charge in [-0.2, -0.15) is 0 Å². The molecule has 0 unspecified atom stereocenters. The zero-order valence-electron chi connectivity index (χ0n) is 15.4. The lowest BCUT2D eigenvalue weighted by atomic mass is 10.0. The molecule has 0 heterocycles. The van der Waals surface area contributed by atoms with E-state index < -0.39 is 5.97 Å². The number of hydrogen-bond acceptors (Lipinski definition) is 3. The van der Waals surface area contributed by atoms with Crippen LogP contribution in [0.3, 0.4) is 0 Å². The van der Waals surface area contributed by atoms with Crippen LogP contribution in [0, 0.1) is 0 Å². The molecule has 0 aliphatic rings. The van der Waals surface area contributed by atoms with Crippen LogP contribution in [-0.2, 0) is 4.79 Å². The number of carbonyl (C=O) groups is 1. The van der Waals surface area contributed by atoms with Crippen LogP contribution in [0.5, 0.6) is 11.5 Å². The first-order valence-corrected chi connectivity index (χ1v) is 8.97. The average Bonchev–Trinajstić information content (AvgIpc) is 2.66. The van der Waals surface area contributed by atoms with Crippen LogP contribution in [0.15, 0.2) is 48.5 Å². The van der Waals surface area contributed by atoms with Gasteiger partial charge in [0.2, 0.25) is 0 Å². The first-order chi connectivity index (χ1) is 12.7. The Bertz CT molecular complexity index is 735. The predicted molar refractivity (Wildman–Crippen MR) is 105 cm³/mol. The van der Waals surface area contributed by atoms with E-state index in [1.54, 1.807) is 25.3 Å². The molecule has 0 spiro atoms. The normalized spacial score (nSPS) is 11.2. The number of benzene rings is 2. The van der Waals surface area contributed by atoms with Gasteiger partial charge in [-0.05, 0) is 24.1 Å². The third kappa shape index (κ3) is 5.38. The third-order valence-corrected chi connectivity index (χ3v) is 4.09. The summed E-state index contributed by atoms with van der Waals surface area (Å²) < 4.78 is 11.4. The molecule has 0 bridgehead atoms. The van der Waals surface area contributed by atoms with Crippen LogP contribution in [-0.4, -0.2) is 24.8 Å². The highest BCUT2D eigenvalue weighted by molar-refractivity contribution is 6.20. The minimum Gasteiger partial charge on any atom is -0.493 e. The van der Waals surface area contributed by atoms with Crippen molar-refractivity contribution >= 4 is 17.6 Å². The largest absolute Gasteiger partial charge is 0.493 e. The molecule has 0 saturated heterocycles. The molecule has 4 heteroatoms. The number of hydrogen-bond donors (Lipinski definition) is 1. The zero-order valence-corrected chi connectivity index (χ0v) is 15.4. The number of methoxy groups -OCH3 is 1. The fourth-order valence-corrected chi connectivity index (χ4v) is 2.71. The summed E-state index contributed by atoms with van der Waals surface area (Å²) in [6, 6.07) is 14.6. The van der Waals surface area contributed by atoms with E-state index in [1.807, 2.05) is 36.4 Å². The summed E-state index contributed by atoms with van der Waals surface area (Å²) in [6.45, 7) is 2.75. The Morgan fingerprint density at radius 2 is 1.81 bits per heavy atom. The molecular formula is C22H26O4. The molecule has 0 radical (unpaired) electrons. The van der Waals surface area contributed by atoms with Crippen molar-refractivity contribution in [2.24, 2.45) is 0 Å². The Hall–Kier alpha value is -2.75. The summed E-state index contributed by atoms with van der Waals surface area (Å²) in [4.78, 5) is 11.8. The van der Waals surface area contributed by atoms with Gasteiger partial charge >= 0.3 is 5.97 Å². The maximum atomic E-state index is 11.8. The average molecular weight is 354 g/mol. The zero-order chi connectivity index (χ0) is 18.8. The van der Waals surface area contributed by atoms with Crippen LogP contribution in [0.25, 0.3) is 11.6 Å². The molecule has 0 aliphatic heterocycles. The Balaban J connectivity index is 2.33. The predicted octanol–water partition coefficient (Wildman–Crippen LogP) is 5.28. The van der Waals surface area contributed by atoms with E-state index in [9.17, 15) is 9.90 Å². The van der Waals surface area contributed by atoms with Crippen LogP contribution < -0.4 is 9.47 Å². The van der Waals surface area contributed by atoms with E-state index >= 15 is 0 Å². The van der Waals surface area contributed by atoms with Gasteiger partial charge in [-0.1, -0.05) is 68.7 Å². The summed E-state index contributed by atoms with van der Waals surface area (Å²) in [6.07, 6.45) is 6.06. The first kappa shape index (κ1) is 19.6. The number of carboxylic acid groups (broad SMARTS) is 1. The highest BCUT2D eigenvalue weighted by Crippen LogP contribution is 2.34. The molecule has 0 fully saturated rings. The van der Waals surface area contributed by atoms with Gasteiger partial charge in [0.25, 0.3) is 0 Å². The van der Waals surface area contributed by atoms with Gasteiger partial charge in [-0.3, -0.25) is 0 Å². The second kappa shape index (κ2) is 10.3. The molecule has 0 amide bonds. The molecule has 0 aromatic heterocycles. The highest BCUT2D eigenvalue weighted by atomic mass is 16.5. The Kier molecular flexibility index (Phi) is 7.75. The minimum atomic E-state index is -0.979. The monoisotopic (exact) mass is 354 g/mol. The molecule has 2 rings (SSSR count). The van der Waals surface area contributed by atoms with Gasteiger partial charge in [0.1, 0.15) is 0 Å². The van der Waals surface area contributed by atoms with E-state index in [1.165, 1.54) is 12.8 Å². The number of rotatable bonds is 10. The molecular weight excluding hydrogens is 328 g/mol. The summed E-state index contributed by atoms with van der Waals surface area (Å²) in [5.41, 5.74) is 1.56. The minimum absolute atomic E-state index is 0.217. The van der Waals surface area contributed by atoms with E-state index in [4.69, 9.17) is 9.47 Å². The van der Waals surface area contributed by atoms with Crippen molar-refractivity contribution in [3.8, 4) is 11.5 Å². The summed E-state index contributed by atoms with van der Waals surface area (Å²) >= 11 is 0. The van der Waals surface area contributed by atoms with Crippen LogP contribution in [0.1, 0.15) is 43.7 Å². The van der Waals surface area contributed by atoms with Gasteiger partial charge < -0.3 is 14.6 Å². The fraction of sp³-hybridized carbons (Fsp3) is 0.318. The Morgan fingerprint density at radius 3 is 2.46 bits per heavy atom. The second-order valence-electron chi connectivity index (χ2n) is 6.02. The van der Waals surface area contributed by atoms with Gasteiger partial charge in [0.05, 0.1) is 19.3 Å². The van der Waals surface area contributed by atoms with Gasteiger partial charge in [-0.25, -0.2) is 4.79 Å². The van der Waals surface area contributed by atoms with Crippen LogP contribution in [0.2, 0.25) is 0 Å². The molecule has 1 N–H and O–H groups in total. The quantitative estimate of drug-likeness (QED) is 0.358. The molecule has 138 valence electrons. The Labute approximate surface area is 155 Å².